The van der Waals surface area contributed by atoms with Crippen molar-refractivity contribution in [2.75, 3.05) is 13.7 Å². The van der Waals surface area contributed by atoms with Crippen molar-refractivity contribution in [3.63, 3.8) is 0 Å². The van der Waals surface area contributed by atoms with Gasteiger partial charge in [0.1, 0.15) is 5.75 Å². The van der Waals surface area contributed by atoms with Gasteiger partial charge >= 0.3 is 0 Å². The molecule has 20 heavy (non-hydrogen) atoms. The van der Waals surface area contributed by atoms with Gasteiger partial charge in [-0.3, -0.25) is 0 Å². The molecule has 0 aromatic heterocycles. The summed E-state index contributed by atoms with van der Waals surface area (Å²) in [7, 11) is 1.72. The molecule has 3 rings (SSSR count). The minimum atomic E-state index is 0.0481. The third-order valence-corrected chi connectivity index (χ3v) is 5.05. The Morgan fingerprint density at radius 3 is 2.85 bits per heavy atom. The summed E-state index contributed by atoms with van der Waals surface area (Å²) in [5, 5.41) is 0. The highest BCUT2D eigenvalue weighted by atomic mass is 16.5. The van der Waals surface area contributed by atoms with E-state index in [1.165, 1.54) is 24.8 Å². The quantitative estimate of drug-likeness (QED) is 0.920. The summed E-state index contributed by atoms with van der Waals surface area (Å²) in [6.07, 6.45) is 5.88. The lowest BCUT2D eigenvalue weighted by Crippen LogP contribution is -2.47. The first-order valence-electron chi connectivity index (χ1n) is 7.68. The van der Waals surface area contributed by atoms with Crippen LogP contribution < -0.4 is 10.5 Å². The summed E-state index contributed by atoms with van der Waals surface area (Å²) in [4.78, 5) is 0. The predicted molar refractivity (Wildman–Crippen MR) is 79.9 cm³/mol. The normalized spacial score (nSPS) is 26.1. The number of methoxy groups -OCH3 is 1. The number of ether oxygens (including phenoxy) is 2. The summed E-state index contributed by atoms with van der Waals surface area (Å²) in [5.41, 5.74) is 9.06. The fourth-order valence-corrected chi connectivity index (χ4v) is 3.64. The molecule has 1 heterocycles. The molecule has 1 aliphatic carbocycles. The number of hydrogen-bond acceptors (Lipinski definition) is 3. The van der Waals surface area contributed by atoms with Gasteiger partial charge in [-0.15, -0.1) is 0 Å². The minimum absolute atomic E-state index is 0.0481. The molecule has 2 atom stereocenters. The van der Waals surface area contributed by atoms with Gasteiger partial charge in [-0.2, -0.15) is 0 Å². The monoisotopic (exact) mass is 275 g/mol. The SMILES string of the molecule is COc1cc(C)ccc1C(N)C1CCOC2(CCC2)C1. The van der Waals surface area contributed by atoms with Crippen LogP contribution in [0.2, 0.25) is 0 Å². The lowest BCUT2D eigenvalue weighted by Gasteiger charge is -2.48. The molecule has 110 valence electrons. The van der Waals surface area contributed by atoms with Crippen molar-refractivity contribution in [3.8, 4) is 5.75 Å². The molecular formula is C17H25NO2. The molecule has 1 aromatic rings. The lowest BCUT2D eigenvalue weighted by atomic mass is 9.70. The minimum Gasteiger partial charge on any atom is -0.496 e. The van der Waals surface area contributed by atoms with E-state index in [0.717, 1.165) is 30.8 Å². The maximum Gasteiger partial charge on any atom is 0.123 e. The second-order valence-electron chi connectivity index (χ2n) is 6.41. The van der Waals surface area contributed by atoms with Crippen molar-refractivity contribution in [1.29, 1.82) is 0 Å². The Bertz CT molecular complexity index is 482. The van der Waals surface area contributed by atoms with Gasteiger partial charge in [-0.25, -0.2) is 0 Å². The predicted octanol–water partition coefficient (Wildman–Crippen LogP) is 3.35. The molecule has 0 radical (unpaired) electrons. The molecule has 0 bridgehead atoms. The fourth-order valence-electron chi connectivity index (χ4n) is 3.64. The highest BCUT2D eigenvalue weighted by Crippen LogP contribution is 2.47. The molecule has 2 aliphatic rings. The summed E-state index contributed by atoms with van der Waals surface area (Å²) < 4.78 is 11.5. The van der Waals surface area contributed by atoms with Gasteiger partial charge in [0.05, 0.1) is 12.7 Å². The van der Waals surface area contributed by atoms with Crippen molar-refractivity contribution in [2.45, 2.75) is 50.7 Å². The number of hydrogen-bond donors (Lipinski definition) is 1. The molecule has 1 aromatic carbocycles. The molecule has 3 heteroatoms. The maximum atomic E-state index is 6.56. The van der Waals surface area contributed by atoms with Gasteiger partial charge in [0.25, 0.3) is 0 Å². The van der Waals surface area contributed by atoms with Crippen molar-refractivity contribution in [2.24, 2.45) is 11.7 Å². The molecule has 2 unspecified atom stereocenters. The number of aryl methyl sites for hydroxylation is 1. The van der Waals surface area contributed by atoms with E-state index in [2.05, 4.69) is 25.1 Å². The molecule has 2 fully saturated rings. The van der Waals surface area contributed by atoms with Crippen molar-refractivity contribution >= 4 is 0 Å². The molecular weight excluding hydrogens is 250 g/mol. The Hall–Kier alpha value is -1.06. The zero-order valence-corrected chi connectivity index (χ0v) is 12.5. The Labute approximate surface area is 121 Å². The van der Waals surface area contributed by atoms with Gasteiger partial charge < -0.3 is 15.2 Å². The van der Waals surface area contributed by atoms with Crippen LogP contribution in [0.15, 0.2) is 18.2 Å². The zero-order valence-electron chi connectivity index (χ0n) is 12.5. The zero-order chi connectivity index (χ0) is 14.2. The second kappa shape index (κ2) is 5.38. The van der Waals surface area contributed by atoms with E-state index in [-0.39, 0.29) is 11.6 Å². The number of nitrogens with two attached hydrogens (primary N) is 1. The van der Waals surface area contributed by atoms with E-state index >= 15 is 0 Å². The van der Waals surface area contributed by atoms with Crippen LogP contribution in [-0.4, -0.2) is 19.3 Å². The molecule has 3 nitrogen and oxygen atoms in total. The Balaban J connectivity index is 1.79. The van der Waals surface area contributed by atoms with E-state index in [4.69, 9.17) is 15.2 Å². The largest absolute Gasteiger partial charge is 0.496 e. The first-order valence-corrected chi connectivity index (χ1v) is 7.68. The van der Waals surface area contributed by atoms with Crippen LogP contribution in [0.1, 0.15) is 49.3 Å². The molecule has 1 saturated carbocycles. The second-order valence-corrected chi connectivity index (χ2v) is 6.41. The Morgan fingerprint density at radius 2 is 2.20 bits per heavy atom. The van der Waals surface area contributed by atoms with Gasteiger partial charge in [-0.1, -0.05) is 12.1 Å². The van der Waals surface area contributed by atoms with Crippen molar-refractivity contribution in [1.82, 2.24) is 0 Å². The van der Waals surface area contributed by atoms with Crippen LogP contribution in [-0.2, 0) is 4.74 Å². The molecule has 0 amide bonds. The van der Waals surface area contributed by atoms with Crippen LogP contribution in [0.5, 0.6) is 5.75 Å². The van der Waals surface area contributed by atoms with Crippen molar-refractivity contribution < 1.29 is 9.47 Å². The van der Waals surface area contributed by atoms with Crippen LogP contribution in [0.3, 0.4) is 0 Å². The summed E-state index contributed by atoms with van der Waals surface area (Å²) in [5.74, 6) is 1.42. The smallest absolute Gasteiger partial charge is 0.123 e. The topological polar surface area (TPSA) is 44.5 Å². The number of rotatable bonds is 3. The first kappa shape index (κ1) is 13.9. The fraction of sp³-hybridized carbons (Fsp3) is 0.647. The van der Waals surface area contributed by atoms with E-state index in [1.54, 1.807) is 7.11 Å². The van der Waals surface area contributed by atoms with Crippen molar-refractivity contribution in [3.05, 3.63) is 29.3 Å². The van der Waals surface area contributed by atoms with E-state index in [0.29, 0.717) is 5.92 Å². The lowest BCUT2D eigenvalue weighted by molar-refractivity contribution is -0.146. The van der Waals surface area contributed by atoms with E-state index in [9.17, 15) is 0 Å². The third-order valence-electron chi connectivity index (χ3n) is 5.05. The van der Waals surface area contributed by atoms with Crippen LogP contribution >= 0.6 is 0 Å². The Morgan fingerprint density at radius 1 is 1.40 bits per heavy atom. The molecule has 1 spiro atoms. The van der Waals surface area contributed by atoms with Gasteiger partial charge in [0.2, 0.25) is 0 Å². The summed E-state index contributed by atoms with van der Waals surface area (Å²) in [6, 6.07) is 6.37. The maximum absolute atomic E-state index is 6.56. The Kier molecular flexibility index (Phi) is 3.74. The summed E-state index contributed by atoms with van der Waals surface area (Å²) >= 11 is 0. The highest BCUT2D eigenvalue weighted by molar-refractivity contribution is 5.39. The average Bonchev–Trinajstić information content (AvgIpc) is 2.45. The van der Waals surface area contributed by atoms with Crippen LogP contribution in [0, 0.1) is 12.8 Å². The first-order chi connectivity index (χ1) is 9.63. The van der Waals surface area contributed by atoms with Gasteiger partial charge in [0, 0.05) is 18.2 Å². The van der Waals surface area contributed by atoms with E-state index in [1.807, 2.05) is 0 Å². The van der Waals surface area contributed by atoms with Crippen LogP contribution in [0.25, 0.3) is 0 Å². The molecule has 1 saturated heterocycles. The summed E-state index contributed by atoms with van der Waals surface area (Å²) in [6.45, 7) is 2.93. The highest BCUT2D eigenvalue weighted by Gasteiger charge is 2.44. The standard InChI is InChI=1S/C17H25NO2/c1-12-4-5-14(15(10-12)19-2)16(18)13-6-9-20-17(11-13)7-3-8-17/h4-5,10,13,16H,3,6-9,11,18H2,1-2H3. The van der Waals surface area contributed by atoms with Crippen LogP contribution in [0.4, 0.5) is 0 Å². The average molecular weight is 275 g/mol. The molecule has 1 aliphatic heterocycles. The van der Waals surface area contributed by atoms with E-state index < -0.39 is 0 Å². The van der Waals surface area contributed by atoms with Gasteiger partial charge in [-0.05, 0) is 56.6 Å². The third kappa shape index (κ3) is 2.45. The molecule has 2 N–H and O–H groups in total. The number of benzene rings is 1. The van der Waals surface area contributed by atoms with Gasteiger partial charge in [0.15, 0.2) is 0 Å².